The van der Waals surface area contributed by atoms with Crippen LogP contribution in [0.3, 0.4) is 0 Å². The topological polar surface area (TPSA) is 86.0 Å². The van der Waals surface area contributed by atoms with E-state index in [-0.39, 0.29) is 17.4 Å². The number of carbonyl (C=O) groups is 1. The van der Waals surface area contributed by atoms with Gasteiger partial charge in [0.15, 0.2) is 0 Å². The number of aldehydes is 1. The molecule has 7 heteroatoms. The number of carbonyl (C=O) groups excluding carboxylic acids is 1. The molecule has 0 amide bonds. The second kappa shape index (κ2) is 16.7. The predicted octanol–water partition coefficient (Wildman–Crippen LogP) is 1.94. The molecule has 0 radical (unpaired) electrons. The molecule has 0 unspecified atom stereocenters. The Morgan fingerprint density at radius 1 is 1.05 bits per heavy atom. The molecule has 0 aliphatic rings. The largest absolute Gasteiger partial charge is 0 e. The number of hydrogen-bond donors (Lipinski definition) is 0. The van der Waals surface area contributed by atoms with Gasteiger partial charge in [0, 0.05) is 22.9 Å². The minimum atomic E-state index is -1.46. The van der Waals surface area contributed by atoms with E-state index in [1.54, 1.807) is 7.11 Å². The quantitative estimate of drug-likeness (QED) is 0.363. The van der Waals surface area contributed by atoms with Gasteiger partial charge < -0.3 is 4.74 Å². The maximum atomic E-state index is 10.9. The van der Waals surface area contributed by atoms with E-state index in [0.717, 1.165) is 22.8 Å². The Balaban J connectivity index is -0.000000183. The number of methoxy groups -OCH3 is 1. The van der Waals surface area contributed by atoms with Gasteiger partial charge >= 0.3 is 33.9 Å². The molecule has 1 rings (SSSR count). The van der Waals surface area contributed by atoms with E-state index in [0.29, 0.717) is 0 Å². The minimum absolute atomic E-state index is 0. The molecular formula is C14H16CrO5Si. The third kappa shape index (κ3) is 11.0. The molecule has 0 saturated heterocycles. The van der Waals surface area contributed by atoms with Gasteiger partial charge in [-0.25, -0.2) is 0 Å². The normalized spacial score (nSPS) is 7.71. The van der Waals surface area contributed by atoms with Crippen LogP contribution in [0, 0.1) is 20.0 Å². The van der Waals surface area contributed by atoms with Gasteiger partial charge in [-0.05, 0) is 23.4 Å². The van der Waals surface area contributed by atoms with Crippen molar-refractivity contribution in [3.05, 3.63) is 43.7 Å². The molecule has 0 spiro atoms. The van der Waals surface area contributed by atoms with Crippen molar-refractivity contribution in [2.24, 2.45) is 0 Å². The van der Waals surface area contributed by atoms with E-state index >= 15 is 0 Å². The Morgan fingerprint density at radius 3 is 1.76 bits per heavy atom. The van der Waals surface area contributed by atoms with Crippen LogP contribution in [0.4, 0.5) is 0 Å². The zero-order chi connectivity index (χ0) is 16.8. The van der Waals surface area contributed by atoms with Gasteiger partial charge in [0.1, 0.15) is 12.0 Å². The summed E-state index contributed by atoms with van der Waals surface area (Å²) in [6.45, 7) is 20.2. The summed E-state index contributed by atoms with van der Waals surface area (Å²) in [5, 5.41) is 1.16. The van der Waals surface area contributed by atoms with Crippen LogP contribution in [0.1, 0.15) is 10.4 Å². The van der Waals surface area contributed by atoms with E-state index in [1.807, 2.05) is 18.2 Å². The summed E-state index contributed by atoms with van der Waals surface area (Å²) >= 11 is 0. The number of ether oxygens (including phenoxy) is 1. The van der Waals surface area contributed by atoms with Crippen LogP contribution in [0.15, 0.2) is 18.2 Å². The molecule has 5 nitrogen and oxygen atoms in total. The summed E-state index contributed by atoms with van der Waals surface area (Å²) in [7, 11) is 0.185. The Bertz CT molecular complexity index is 446. The smallest absolute Gasteiger partial charge is 0 e. The van der Waals surface area contributed by atoms with Gasteiger partial charge in [-0.3, -0.25) is 4.79 Å². The average Bonchev–Trinajstić information content (AvgIpc) is 2.51. The van der Waals surface area contributed by atoms with Crippen molar-refractivity contribution in [3.63, 3.8) is 0 Å². The first-order valence-corrected chi connectivity index (χ1v) is 8.74. The van der Waals surface area contributed by atoms with Crippen molar-refractivity contribution in [3.8, 4) is 5.75 Å². The first kappa shape index (κ1) is 27.9. The summed E-state index contributed by atoms with van der Waals surface area (Å²) in [5.41, 5.74) is 0.796. The van der Waals surface area contributed by atoms with Crippen molar-refractivity contribution >= 4 is 19.5 Å². The Kier molecular flexibility index (Phi) is 22.2. The van der Waals surface area contributed by atoms with Crippen LogP contribution in [0.25, 0.3) is 0 Å². The molecule has 1 aromatic carbocycles. The molecule has 1 aromatic rings. The van der Waals surface area contributed by atoms with Gasteiger partial charge in [-0.15, -0.1) is 0 Å². The first-order valence-electron chi connectivity index (χ1n) is 5.24. The maximum absolute atomic E-state index is 10.9. The average molecular weight is 344 g/mol. The molecule has 0 saturated carbocycles. The predicted molar refractivity (Wildman–Crippen MR) is 73.2 cm³/mol. The van der Waals surface area contributed by atoms with Gasteiger partial charge in [0.05, 0.1) is 15.2 Å². The summed E-state index contributed by atoms with van der Waals surface area (Å²) in [6, 6.07) is 5.64. The first-order chi connectivity index (χ1) is 9.49. The van der Waals surface area contributed by atoms with Crippen LogP contribution in [0.5, 0.6) is 5.75 Å². The van der Waals surface area contributed by atoms with Gasteiger partial charge in [-0.2, -0.15) is 0 Å². The molecule has 0 N–H and O–H groups in total. The maximum Gasteiger partial charge on any atom is 0 e. The van der Waals surface area contributed by atoms with E-state index < -0.39 is 8.07 Å². The van der Waals surface area contributed by atoms with Crippen molar-refractivity contribution in [2.45, 2.75) is 19.6 Å². The molecule has 0 aliphatic carbocycles. The van der Waals surface area contributed by atoms with Gasteiger partial charge in [0.2, 0.25) is 0 Å². The molecule has 0 aromatic heterocycles. The molecule has 0 fully saturated rings. The minimum Gasteiger partial charge on any atom is 0 e. The van der Waals surface area contributed by atoms with Crippen LogP contribution in [-0.4, -0.2) is 21.5 Å². The van der Waals surface area contributed by atoms with Crippen molar-refractivity contribution < 1.29 is 40.8 Å². The molecule has 112 valence electrons. The van der Waals surface area contributed by atoms with Crippen molar-refractivity contribution in [1.82, 2.24) is 0 Å². The summed E-state index contributed by atoms with van der Waals surface area (Å²) in [6.07, 6.45) is 0.924. The van der Waals surface area contributed by atoms with Crippen LogP contribution in [0.2, 0.25) is 19.6 Å². The van der Waals surface area contributed by atoms with E-state index in [4.69, 9.17) is 18.7 Å². The van der Waals surface area contributed by atoms with Crippen molar-refractivity contribution in [1.29, 1.82) is 0 Å². The third-order valence-corrected chi connectivity index (χ3v) is 4.24. The number of hydrogen-bond acceptors (Lipinski definition) is 2. The van der Waals surface area contributed by atoms with Crippen LogP contribution < -0.4 is 9.92 Å². The fraction of sp³-hybridized carbons (Fsp3) is 0.286. The Labute approximate surface area is 137 Å². The standard InChI is InChI=1S/C11H16O2Si.3CO.Cr/c1-13-10-6-5-9(8-12)11(7-10)14(2,3)4;3*1-2;/h5-8H,1-4H3;;;;. The number of rotatable bonds is 3. The molecule has 0 heterocycles. The van der Waals surface area contributed by atoms with Gasteiger partial charge in [0.25, 0.3) is 0 Å². The fourth-order valence-electron chi connectivity index (χ4n) is 1.41. The molecule has 0 aliphatic heterocycles. The number of benzene rings is 1. The molecule has 0 bridgehead atoms. The SMILES string of the molecule is COc1ccc(C=O)c([Si](C)(C)C)c1.[C-]#[O+].[C-]#[O+].[C-]#[O+].[Cr]. The summed E-state index contributed by atoms with van der Waals surface area (Å²) < 4.78 is 27.7. The summed E-state index contributed by atoms with van der Waals surface area (Å²) in [4.78, 5) is 10.9. The fourth-order valence-corrected chi connectivity index (χ4v) is 3.00. The molecule has 0 atom stereocenters. The molecular weight excluding hydrogens is 328 g/mol. The van der Waals surface area contributed by atoms with Crippen LogP contribution in [-0.2, 0) is 31.3 Å². The van der Waals surface area contributed by atoms with E-state index in [9.17, 15) is 4.79 Å². The zero-order valence-electron chi connectivity index (χ0n) is 12.3. The second-order valence-electron chi connectivity index (χ2n) is 4.32. The Hall–Kier alpha value is -1.34. The van der Waals surface area contributed by atoms with Gasteiger partial charge in [-0.1, -0.05) is 19.6 Å². The zero-order valence-corrected chi connectivity index (χ0v) is 14.5. The van der Waals surface area contributed by atoms with Crippen LogP contribution >= 0.6 is 0 Å². The molecule has 21 heavy (non-hydrogen) atoms. The summed E-state index contributed by atoms with van der Waals surface area (Å²) in [5.74, 6) is 0.827. The monoisotopic (exact) mass is 344 g/mol. The van der Waals surface area contributed by atoms with E-state index in [2.05, 4.69) is 39.6 Å². The second-order valence-corrected chi connectivity index (χ2v) is 9.36. The van der Waals surface area contributed by atoms with Crippen molar-refractivity contribution in [2.75, 3.05) is 7.11 Å². The Morgan fingerprint density at radius 2 is 1.48 bits per heavy atom. The third-order valence-electron chi connectivity index (χ3n) is 2.20. The van der Waals surface area contributed by atoms with E-state index in [1.165, 1.54) is 0 Å².